The van der Waals surface area contributed by atoms with Crippen LogP contribution < -0.4 is 0 Å². The van der Waals surface area contributed by atoms with Gasteiger partial charge in [-0.3, -0.25) is 14.4 Å². The summed E-state index contributed by atoms with van der Waals surface area (Å²) in [6.45, 7) is 13.1. The Labute approximate surface area is 281 Å². The molecular formula is C36H54O12. The molecule has 0 bridgehead atoms. The van der Waals surface area contributed by atoms with Gasteiger partial charge in [0.25, 0.3) is 0 Å². The van der Waals surface area contributed by atoms with Crippen molar-refractivity contribution in [3.8, 4) is 0 Å². The molecule has 1 aliphatic heterocycles. The highest BCUT2D eigenvalue weighted by Crippen LogP contribution is 2.74. The molecule has 1 heterocycles. The van der Waals surface area contributed by atoms with E-state index in [2.05, 4.69) is 0 Å². The summed E-state index contributed by atoms with van der Waals surface area (Å²) >= 11 is 0. The number of hydrogen-bond acceptors (Lipinski definition) is 12. The number of ether oxygens (including phenoxy) is 2. The fourth-order valence-corrected chi connectivity index (χ4v) is 10.2. The van der Waals surface area contributed by atoms with Gasteiger partial charge in [0.2, 0.25) is 12.1 Å². The van der Waals surface area contributed by atoms with Crippen LogP contribution in [0.3, 0.4) is 0 Å². The van der Waals surface area contributed by atoms with Gasteiger partial charge >= 0.3 is 0 Å². The van der Waals surface area contributed by atoms with E-state index in [1.54, 1.807) is 33.8 Å². The van der Waals surface area contributed by atoms with E-state index in [4.69, 9.17) is 9.47 Å². The first-order chi connectivity index (χ1) is 21.9. The number of rotatable bonds is 8. The third-order valence-corrected chi connectivity index (χ3v) is 13.2. The maximum Gasteiger partial charge on any atom is 0.229 e. The third kappa shape index (κ3) is 5.28. The monoisotopic (exact) mass is 678 g/mol. The van der Waals surface area contributed by atoms with Crippen molar-refractivity contribution < 1.29 is 59.6 Å². The minimum Gasteiger partial charge on any atom is -0.459 e. The van der Waals surface area contributed by atoms with Gasteiger partial charge in [-0.25, -0.2) is 0 Å². The molecule has 1 saturated heterocycles. The van der Waals surface area contributed by atoms with E-state index >= 15 is 0 Å². The summed E-state index contributed by atoms with van der Waals surface area (Å²) in [5.74, 6) is -3.21. The summed E-state index contributed by atoms with van der Waals surface area (Å²) < 4.78 is 11.5. The van der Waals surface area contributed by atoms with Gasteiger partial charge in [0.1, 0.15) is 35.8 Å². The fraction of sp³-hybridized carbons (Fsp3) is 0.806. The van der Waals surface area contributed by atoms with Crippen LogP contribution in [0, 0.1) is 39.4 Å². The number of carbonyl (C=O) groups excluding carboxylic acids is 3. The number of Topliss-reactive ketones (excluding diaryl/α,β-unsaturated/α-hetero) is 3. The van der Waals surface area contributed by atoms with Crippen LogP contribution in [0.15, 0.2) is 23.5 Å². The van der Waals surface area contributed by atoms with Gasteiger partial charge in [0.15, 0.2) is 11.5 Å². The summed E-state index contributed by atoms with van der Waals surface area (Å²) in [6, 6.07) is 0. The Morgan fingerprint density at radius 2 is 1.60 bits per heavy atom. The van der Waals surface area contributed by atoms with Crippen LogP contribution in [0.2, 0.25) is 0 Å². The quantitative estimate of drug-likeness (QED) is 0.180. The lowest BCUT2D eigenvalue weighted by molar-refractivity contribution is -0.291. The number of aliphatic hydroxyl groups is 7. The Bertz CT molecular complexity index is 1410. The zero-order chi connectivity index (χ0) is 36.2. The predicted molar refractivity (Wildman–Crippen MR) is 171 cm³/mol. The van der Waals surface area contributed by atoms with E-state index in [1.165, 1.54) is 6.92 Å². The van der Waals surface area contributed by atoms with Crippen LogP contribution in [0.4, 0.5) is 0 Å². The smallest absolute Gasteiger partial charge is 0.229 e. The molecule has 7 N–H and O–H groups in total. The summed E-state index contributed by atoms with van der Waals surface area (Å²) in [5, 5.41) is 74.5. The van der Waals surface area contributed by atoms with Gasteiger partial charge in [-0.2, -0.15) is 0 Å². The average molecular weight is 679 g/mol. The van der Waals surface area contributed by atoms with E-state index in [9.17, 15) is 50.1 Å². The van der Waals surface area contributed by atoms with Crippen LogP contribution in [0.5, 0.6) is 0 Å². The molecule has 4 aliphatic carbocycles. The molecule has 5 aliphatic rings. The molecule has 6 unspecified atom stereocenters. The molecule has 13 atom stereocenters. The molecule has 0 aromatic rings. The first kappa shape index (κ1) is 37.2. The average Bonchev–Trinajstić information content (AvgIpc) is 3.19. The van der Waals surface area contributed by atoms with Crippen LogP contribution in [0.25, 0.3) is 0 Å². The first-order valence-electron chi connectivity index (χ1n) is 17.0. The molecule has 12 nitrogen and oxygen atoms in total. The molecule has 2 saturated carbocycles. The zero-order valence-corrected chi connectivity index (χ0v) is 29.3. The number of allylic oxidation sites excluding steroid dienone is 4. The van der Waals surface area contributed by atoms with Crippen molar-refractivity contribution in [3.63, 3.8) is 0 Å². The minimum absolute atomic E-state index is 0.0396. The van der Waals surface area contributed by atoms with Gasteiger partial charge < -0.3 is 45.2 Å². The highest BCUT2D eigenvalue weighted by Gasteiger charge is 2.74. The van der Waals surface area contributed by atoms with Crippen LogP contribution in [-0.2, 0) is 23.9 Å². The van der Waals surface area contributed by atoms with Gasteiger partial charge in [0, 0.05) is 30.1 Å². The van der Waals surface area contributed by atoms with Crippen molar-refractivity contribution in [1.29, 1.82) is 0 Å². The zero-order valence-electron chi connectivity index (χ0n) is 29.3. The summed E-state index contributed by atoms with van der Waals surface area (Å²) in [5.41, 5.74) is -6.30. The van der Waals surface area contributed by atoms with E-state index in [0.717, 1.165) is 5.57 Å². The first-order valence-corrected chi connectivity index (χ1v) is 17.0. The highest BCUT2D eigenvalue weighted by molar-refractivity contribution is 6.02. The molecule has 0 radical (unpaired) electrons. The molecule has 12 heteroatoms. The number of fused-ring (bicyclic) bond motifs is 5. The summed E-state index contributed by atoms with van der Waals surface area (Å²) in [6.07, 6.45) is -4.80. The minimum atomic E-state index is -1.97. The SMILES string of the molecule is CC(C)(O)CCC(=O)[C@](C)(O)C1[C@H](O)C[C@@]2(C)[C@@H]3CC=C4[C@@H](C=C(OC5OC(CO)C(O)C(O)C5O)C(=O)C4(C)C)[C@]3(C)C(=O)C[C@]12C. The second-order valence-electron chi connectivity index (χ2n) is 17.1. The van der Waals surface area contributed by atoms with Gasteiger partial charge in [-0.05, 0) is 76.7 Å². The second kappa shape index (κ2) is 11.8. The topological polar surface area (TPSA) is 211 Å². The molecule has 48 heavy (non-hydrogen) atoms. The lowest BCUT2D eigenvalue weighted by Gasteiger charge is -2.63. The lowest BCUT2D eigenvalue weighted by Crippen LogP contribution is -2.64. The number of hydrogen-bond donors (Lipinski definition) is 7. The van der Waals surface area contributed by atoms with E-state index in [1.807, 2.05) is 26.8 Å². The number of carbonyl (C=O) groups is 3. The molecule has 0 amide bonds. The van der Waals surface area contributed by atoms with Gasteiger partial charge in [0.05, 0.1) is 23.7 Å². The largest absolute Gasteiger partial charge is 0.459 e. The van der Waals surface area contributed by atoms with Crippen LogP contribution in [-0.4, -0.2) is 108 Å². The van der Waals surface area contributed by atoms with Crippen molar-refractivity contribution in [2.75, 3.05) is 6.61 Å². The van der Waals surface area contributed by atoms with Crippen LogP contribution in [0.1, 0.15) is 87.5 Å². The fourth-order valence-electron chi connectivity index (χ4n) is 10.2. The molecule has 0 aromatic carbocycles. The summed E-state index contributed by atoms with van der Waals surface area (Å²) in [7, 11) is 0. The molecule has 0 aromatic heterocycles. The number of ketones is 3. The summed E-state index contributed by atoms with van der Waals surface area (Å²) in [4.78, 5) is 42.0. The Balaban J connectivity index is 1.53. The Morgan fingerprint density at radius 1 is 0.979 bits per heavy atom. The Kier molecular flexibility index (Phi) is 9.12. The Hall–Kier alpha value is -2.03. The number of aliphatic hydroxyl groups excluding tert-OH is 5. The van der Waals surface area contributed by atoms with Gasteiger partial charge in [-0.1, -0.05) is 32.4 Å². The second-order valence-corrected chi connectivity index (χ2v) is 17.1. The van der Waals surface area contributed by atoms with Crippen molar-refractivity contribution >= 4 is 17.3 Å². The normalized spacial score (nSPS) is 45.3. The van der Waals surface area contributed by atoms with Crippen molar-refractivity contribution in [1.82, 2.24) is 0 Å². The van der Waals surface area contributed by atoms with Gasteiger partial charge in [-0.15, -0.1) is 0 Å². The van der Waals surface area contributed by atoms with E-state index < -0.39 is 99.7 Å². The molecular weight excluding hydrogens is 624 g/mol. The van der Waals surface area contributed by atoms with Crippen LogP contribution >= 0.6 is 0 Å². The van der Waals surface area contributed by atoms with E-state index in [0.29, 0.717) is 6.42 Å². The highest BCUT2D eigenvalue weighted by atomic mass is 16.7. The maximum absolute atomic E-state index is 14.7. The van der Waals surface area contributed by atoms with E-state index in [-0.39, 0.29) is 43.1 Å². The van der Waals surface area contributed by atoms with Crippen molar-refractivity contribution in [2.24, 2.45) is 39.4 Å². The standard InChI is InChI=1S/C36H54O12/c1-31(2,45)12-11-23(39)36(8,46)28-19(38)14-33(5)22-10-9-17-18(35(22,7)24(40)15-34(28,33)6)13-20(29(44)32(17,3)4)47-30-27(43)26(42)25(41)21(16-37)48-30/h9,13,18-19,21-22,25-28,30,37-38,41-43,45-46H,10-12,14-16H2,1-8H3/t18-,19-,21?,22+,25?,26?,27?,28?,30?,33+,34-,35+,36+/m1/s1. The maximum atomic E-state index is 14.7. The third-order valence-electron chi connectivity index (χ3n) is 13.2. The van der Waals surface area contributed by atoms with Crippen molar-refractivity contribution in [2.45, 2.75) is 136 Å². The molecule has 5 rings (SSSR count). The van der Waals surface area contributed by atoms with Crippen molar-refractivity contribution in [3.05, 3.63) is 23.5 Å². The molecule has 0 spiro atoms. The lowest BCUT2D eigenvalue weighted by atomic mass is 9.39. The molecule has 3 fully saturated rings. The predicted octanol–water partition coefficient (Wildman–Crippen LogP) is 1.10. The molecule has 270 valence electrons. The Morgan fingerprint density at radius 3 is 2.19 bits per heavy atom.